The van der Waals surface area contributed by atoms with Gasteiger partial charge < -0.3 is 9.64 Å². The van der Waals surface area contributed by atoms with Crippen LogP contribution in [0.5, 0.6) is 0 Å². The van der Waals surface area contributed by atoms with Crippen LogP contribution in [0.15, 0.2) is 36.8 Å². The van der Waals surface area contributed by atoms with Gasteiger partial charge in [-0.15, -0.1) is 0 Å². The number of hydrogen-bond donors (Lipinski definition) is 0. The molecule has 1 unspecified atom stereocenters. The number of aromatic nitrogens is 2. The molecule has 21 heavy (non-hydrogen) atoms. The maximum absolute atomic E-state index is 13.8. The molecule has 110 valence electrons. The fourth-order valence-electron chi connectivity index (χ4n) is 2.39. The Bertz CT molecular complexity index is 611. The molecule has 1 atom stereocenters. The van der Waals surface area contributed by atoms with Gasteiger partial charge in [0.1, 0.15) is 0 Å². The molecule has 1 saturated heterocycles. The van der Waals surface area contributed by atoms with E-state index in [1.807, 2.05) is 17.0 Å². The summed E-state index contributed by atoms with van der Waals surface area (Å²) in [5, 5.41) is 0.306. The molecule has 3 rings (SSSR count). The van der Waals surface area contributed by atoms with Crippen molar-refractivity contribution in [3.05, 3.63) is 53.2 Å². The molecule has 0 bridgehead atoms. The van der Waals surface area contributed by atoms with Gasteiger partial charge in [0.15, 0.2) is 11.6 Å². The first-order valence-electron chi connectivity index (χ1n) is 6.79. The van der Waals surface area contributed by atoms with Gasteiger partial charge in [0.2, 0.25) is 0 Å². The number of pyridine rings is 2. The molecule has 1 aliphatic heterocycles. The number of halogens is 2. The lowest BCUT2D eigenvalue weighted by molar-refractivity contribution is 0.0553. The Morgan fingerprint density at radius 2 is 2.19 bits per heavy atom. The van der Waals surface area contributed by atoms with Crippen molar-refractivity contribution in [1.29, 1.82) is 0 Å². The quantitative estimate of drug-likeness (QED) is 0.870. The normalized spacial score (nSPS) is 18.2. The van der Waals surface area contributed by atoms with Crippen LogP contribution in [0.25, 0.3) is 0 Å². The molecule has 1 aliphatic rings. The van der Waals surface area contributed by atoms with Gasteiger partial charge in [-0.3, -0.25) is 4.98 Å². The molecule has 0 aromatic carbocycles. The highest BCUT2D eigenvalue weighted by atomic mass is 35.5. The maximum Gasteiger partial charge on any atom is 0.167 e. The first-order chi connectivity index (χ1) is 10.2. The van der Waals surface area contributed by atoms with Crippen LogP contribution in [0, 0.1) is 5.82 Å². The van der Waals surface area contributed by atoms with Crippen molar-refractivity contribution in [1.82, 2.24) is 9.97 Å². The number of ether oxygens (including phenoxy) is 1. The predicted molar refractivity (Wildman–Crippen MR) is 78.8 cm³/mol. The molecule has 0 saturated carbocycles. The van der Waals surface area contributed by atoms with E-state index in [9.17, 15) is 4.39 Å². The highest BCUT2D eigenvalue weighted by Crippen LogP contribution is 2.24. The first kappa shape index (κ1) is 14.2. The van der Waals surface area contributed by atoms with E-state index >= 15 is 0 Å². The third-order valence-electron chi connectivity index (χ3n) is 3.47. The standard InChI is InChI=1S/C15H15ClFN3O/c16-12-7-14(17)15(19-8-12)20-6-3-13(9-20)21-10-11-1-4-18-5-2-11/h1-2,4-5,7-8,13H,3,6,9-10H2. The Kier molecular flexibility index (Phi) is 4.31. The van der Waals surface area contributed by atoms with E-state index in [4.69, 9.17) is 16.3 Å². The van der Waals surface area contributed by atoms with E-state index in [0.29, 0.717) is 24.0 Å². The van der Waals surface area contributed by atoms with E-state index in [1.165, 1.54) is 12.3 Å². The van der Waals surface area contributed by atoms with Crippen molar-refractivity contribution in [3.63, 3.8) is 0 Å². The van der Waals surface area contributed by atoms with Gasteiger partial charge >= 0.3 is 0 Å². The number of rotatable bonds is 4. The SMILES string of the molecule is Fc1cc(Cl)cnc1N1CCC(OCc2ccncc2)C1. The van der Waals surface area contributed by atoms with Crippen LogP contribution in [0.2, 0.25) is 5.02 Å². The molecule has 3 heterocycles. The van der Waals surface area contributed by atoms with Gasteiger partial charge in [-0.25, -0.2) is 9.37 Å². The Morgan fingerprint density at radius 1 is 1.38 bits per heavy atom. The molecule has 0 spiro atoms. The fraction of sp³-hybridized carbons (Fsp3) is 0.333. The Labute approximate surface area is 127 Å². The lowest BCUT2D eigenvalue weighted by Crippen LogP contribution is -2.24. The van der Waals surface area contributed by atoms with Crippen molar-refractivity contribution in [2.24, 2.45) is 0 Å². The third kappa shape index (κ3) is 3.49. The summed E-state index contributed by atoms with van der Waals surface area (Å²) in [5.41, 5.74) is 1.08. The molecule has 0 aliphatic carbocycles. The second-order valence-corrected chi connectivity index (χ2v) is 5.42. The van der Waals surface area contributed by atoms with Crippen LogP contribution < -0.4 is 4.90 Å². The van der Waals surface area contributed by atoms with Gasteiger partial charge in [-0.1, -0.05) is 11.6 Å². The largest absolute Gasteiger partial charge is 0.372 e. The van der Waals surface area contributed by atoms with E-state index in [2.05, 4.69) is 9.97 Å². The van der Waals surface area contributed by atoms with Crippen molar-refractivity contribution in [2.75, 3.05) is 18.0 Å². The first-order valence-corrected chi connectivity index (χ1v) is 7.16. The van der Waals surface area contributed by atoms with E-state index in [1.54, 1.807) is 12.4 Å². The summed E-state index contributed by atoms with van der Waals surface area (Å²) in [6, 6.07) is 5.13. The smallest absolute Gasteiger partial charge is 0.167 e. The summed E-state index contributed by atoms with van der Waals surface area (Å²) in [6.07, 6.45) is 5.88. The van der Waals surface area contributed by atoms with E-state index < -0.39 is 5.82 Å². The van der Waals surface area contributed by atoms with Crippen LogP contribution in [0.1, 0.15) is 12.0 Å². The fourth-order valence-corrected chi connectivity index (χ4v) is 2.53. The number of anilines is 1. The summed E-state index contributed by atoms with van der Waals surface area (Å²) in [4.78, 5) is 9.93. The molecule has 6 heteroatoms. The Balaban J connectivity index is 1.58. The van der Waals surface area contributed by atoms with Crippen molar-refractivity contribution < 1.29 is 9.13 Å². The number of nitrogens with zero attached hydrogens (tertiary/aromatic N) is 3. The van der Waals surface area contributed by atoms with Crippen molar-refractivity contribution >= 4 is 17.4 Å². The molecule has 0 amide bonds. The second-order valence-electron chi connectivity index (χ2n) is 4.98. The van der Waals surface area contributed by atoms with Crippen LogP contribution in [0.3, 0.4) is 0 Å². The lowest BCUT2D eigenvalue weighted by atomic mass is 10.3. The zero-order valence-corrected chi connectivity index (χ0v) is 12.1. The van der Waals surface area contributed by atoms with Gasteiger partial charge in [-0.2, -0.15) is 0 Å². The van der Waals surface area contributed by atoms with Crippen LogP contribution in [0.4, 0.5) is 10.2 Å². The summed E-state index contributed by atoms with van der Waals surface area (Å²) >= 11 is 5.72. The minimum atomic E-state index is -0.391. The summed E-state index contributed by atoms with van der Waals surface area (Å²) in [5.74, 6) is -0.0494. The summed E-state index contributed by atoms with van der Waals surface area (Å²) in [6.45, 7) is 1.90. The molecule has 1 fully saturated rings. The molecule has 0 radical (unpaired) electrons. The molecular weight excluding hydrogens is 293 g/mol. The Morgan fingerprint density at radius 3 is 2.95 bits per heavy atom. The highest BCUT2D eigenvalue weighted by molar-refractivity contribution is 6.30. The third-order valence-corrected chi connectivity index (χ3v) is 3.67. The molecule has 4 nitrogen and oxygen atoms in total. The molecular formula is C15H15ClFN3O. The molecule has 2 aromatic rings. The van der Waals surface area contributed by atoms with Crippen LogP contribution in [-0.2, 0) is 11.3 Å². The average molecular weight is 308 g/mol. The van der Waals surface area contributed by atoms with Crippen LogP contribution in [-0.4, -0.2) is 29.2 Å². The van der Waals surface area contributed by atoms with Crippen molar-refractivity contribution in [3.8, 4) is 0 Å². The highest BCUT2D eigenvalue weighted by Gasteiger charge is 2.26. The molecule has 2 aromatic heterocycles. The van der Waals surface area contributed by atoms with Gasteiger partial charge in [-0.05, 0) is 30.2 Å². The van der Waals surface area contributed by atoms with Gasteiger partial charge in [0.25, 0.3) is 0 Å². The Hall–Kier alpha value is -1.72. The van der Waals surface area contributed by atoms with E-state index in [0.717, 1.165) is 18.5 Å². The van der Waals surface area contributed by atoms with Crippen molar-refractivity contribution in [2.45, 2.75) is 19.1 Å². The topological polar surface area (TPSA) is 38.2 Å². The average Bonchev–Trinajstić information content (AvgIpc) is 2.95. The minimum Gasteiger partial charge on any atom is -0.372 e. The number of hydrogen-bond acceptors (Lipinski definition) is 4. The molecule has 0 N–H and O–H groups in total. The summed E-state index contributed by atoms with van der Waals surface area (Å²) < 4.78 is 19.7. The summed E-state index contributed by atoms with van der Waals surface area (Å²) in [7, 11) is 0. The predicted octanol–water partition coefficient (Wildman–Crippen LogP) is 3.06. The minimum absolute atomic E-state index is 0.0787. The van der Waals surface area contributed by atoms with E-state index in [-0.39, 0.29) is 6.10 Å². The van der Waals surface area contributed by atoms with Gasteiger partial charge in [0, 0.05) is 31.7 Å². The zero-order valence-electron chi connectivity index (χ0n) is 11.4. The maximum atomic E-state index is 13.8. The second kappa shape index (κ2) is 6.37. The zero-order chi connectivity index (χ0) is 14.7. The van der Waals surface area contributed by atoms with Gasteiger partial charge in [0.05, 0.1) is 17.7 Å². The monoisotopic (exact) mass is 307 g/mol. The lowest BCUT2D eigenvalue weighted by Gasteiger charge is -2.18. The van der Waals surface area contributed by atoms with Crippen LogP contribution >= 0.6 is 11.6 Å².